The minimum Gasteiger partial charge on any atom is -0.475 e. The Balaban J connectivity index is 2.28. The van der Waals surface area contributed by atoms with Crippen LogP contribution in [0.5, 0.6) is 0 Å². The van der Waals surface area contributed by atoms with Crippen molar-refractivity contribution in [1.82, 2.24) is 0 Å². The normalized spacial score (nSPS) is 12.3. The second kappa shape index (κ2) is 5.77. The fourth-order valence-electron chi connectivity index (χ4n) is 1.51. The Hall–Kier alpha value is -1.30. The van der Waals surface area contributed by atoms with Crippen LogP contribution < -0.4 is 0 Å². The number of rotatable bonds is 4. The molecule has 2 aromatic rings. The van der Waals surface area contributed by atoms with Gasteiger partial charge in [-0.3, -0.25) is 4.21 Å². The summed E-state index contributed by atoms with van der Waals surface area (Å²) in [5.41, 5.74) is 0.349. The molecule has 0 aliphatic rings. The average Bonchev–Trinajstić information content (AvgIpc) is 2.80. The fourth-order valence-corrected chi connectivity index (χ4v) is 3.33. The second-order valence-corrected chi connectivity index (χ2v) is 5.91. The first kappa shape index (κ1) is 14.1. The second-order valence-electron chi connectivity index (χ2n) is 3.64. The molecule has 0 saturated carbocycles. The van der Waals surface area contributed by atoms with Crippen molar-refractivity contribution >= 4 is 40.0 Å². The van der Waals surface area contributed by atoms with Crippen LogP contribution in [0.25, 0.3) is 0 Å². The van der Waals surface area contributed by atoms with Gasteiger partial charge in [0.25, 0.3) is 0 Å². The molecule has 2 rings (SSSR count). The average molecular weight is 319 g/mol. The van der Waals surface area contributed by atoms with Crippen molar-refractivity contribution in [3.63, 3.8) is 0 Å². The number of hydrogen-bond acceptors (Lipinski definition) is 3. The van der Waals surface area contributed by atoms with E-state index in [4.69, 9.17) is 32.7 Å². The summed E-state index contributed by atoms with van der Waals surface area (Å²) in [4.78, 5) is 11.2. The van der Waals surface area contributed by atoms with E-state index in [1.165, 1.54) is 18.4 Å². The van der Waals surface area contributed by atoms with Gasteiger partial charge in [0.15, 0.2) is 0 Å². The van der Waals surface area contributed by atoms with Crippen molar-refractivity contribution in [1.29, 1.82) is 0 Å². The number of furan rings is 1. The molecule has 1 aromatic carbocycles. The highest BCUT2D eigenvalue weighted by Crippen LogP contribution is 2.26. The molecule has 4 nitrogen and oxygen atoms in total. The molecule has 1 N–H and O–H groups in total. The molecule has 0 aliphatic heterocycles. The van der Waals surface area contributed by atoms with Crippen LogP contribution in [-0.2, 0) is 16.6 Å². The number of hydrogen-bond donors (Lipinski definition) is 1. The van der Waals surface area contributed by atoms with Gasteiger partial charge >= 0.3 is 5.97 Å². The van der Waals surface area contributed by atoms with Crippen LogP contribution in [0.3, 0.4) is 0 Å². The first-order valence-corrected chi connectivity index (χ1v) is 7.19. The van der Waals surface area contributed by atoms with E-state index in [2.05, 4.69) is 0 Å². The van der Waals surface area contributed by atoms with Crippen molar-refractivity contribution < 1.29 is 18.5 Å². The Morgan fingerprint density at radius 1 is 1.32 bits per heavy atom. The molecule has 1 aromatic heterocycles. The molecular weight excluding hydrogens is 311 g/mol. The minimum atomic E-state index is -1.50. The SMILES string of the molecule is O=C(O)c1occc1CS(=O)c1cc(Cl)ccc1Cl. The fraction of sp³-hybridized carbons (Fsp3) is 0.0833. The lowest BCUT2D eigenvalue weighted by molar-refractivity contribution is 0.0661. The molecule has 100 valence electrons. The van der Waals surface area contributed by atoms with Crippen molar-refractivity contribution in [2.75, 3.05) is 0 Å². The van der Waals surface area contributed by atoms with E-state index in [9.17, 15) is 9.00 Å². The maximum Gasteiger partial charge on any atom is 0.372 e. The maximum atomic E-state index is 12.2. The highest BCUT2D eigenvalue weighted by molar-refractivity contribution is 7.84. The van der Waals surface area contributed by atoms with E-state index in [-0.39, 0.29) is 11.5 Å². The zero-order valence-corrected chi connectivity index (χ0v) is 11.8. The summed E-state index contributed by atoms with van der Waals surface area (Å²) < 4.78 is 17.0. The van der Waals surface area contributed by atoms with Crippen molar-refractivity contribution in [3.05, 3.63) is 51.9 Å². The molecule has 19 heavy (non-hydrogen) atoms. The summed E-state index contributed by atoms with van der Waals surface area (Å²) in [5.74, 6) is -1.42. The Morgan fingerprint density at radius 2 is 2.05 bits per heavy atom. The van der Waals surface area contributed by atoms with Crippen LogP contribution in [0.2, 0.25) is 10.0 Å². The Kier molecular flexibility index (Phi) is 4.29. The molecule has 7 heteroatoms. The van der Waals surface area contributed by atoms with Gasteiger partial charge in [-0.15, -0.1) is 0 Å². The highest BCUT2D eigenvalue weighted by Gasteiger charge is 2.18. The van der Waals surface area contributed by atoms with Crippen LogP contribution >= 0.6 is 23.2 Å². The smallest absolute Gasteiger partial charge is 0.372 e. The molecule has 1 unspecified atom stereocenters. The Morgan fingerprint density at radius 3 is 2.74 bits per heavy atom. The summed E-state index contributed by atoms with van der Waals surface area (Å²) in [7, 11) is -1.50. The van der Waals surface area contributed by atoms with Gasteiger partial charge in [0.1, 0.15) is 0 Å². The van der Waals surface area contributed by atoms with E-state index in [1.54, 1.807) is 12.1 Å². The number of carboxylic acids is 1. The number of benzene rings is 1. The standard InChI is InChI=1S/C12H8Cl2O4S/c13-8-1-2-9(14)10(5-8)19(17)6-7-3-4-18-11(7)12(15)16/h1-5H,6H2,(H,15,16). The van der Waals surface area contributed by atoms with Crippen LogP contribution in [0.15, 0.2) is 39.8 Å². The van der Waals surface area contributed by atoms with Crippen LogP contribution in [0, 0.1) is 0 Å². The van der Waals surface area contributed by atoms with E-state index < -0.39 is 16.8 Å². The zero-order valence-electron chi connectivity index (χ0n) is 9.43. The third-order valence-electron chi connectivity index (χ3n) is 2.37. The topological polar surface area (TPSA) is 67.5 Å². The summed E-state index contributed by atoms with van der Waals surface area (Å²) in [6.45, 7) is 0. The van der Waals surface area contributed by atoms with Gasteiger partial charge in [-0.25, -0.2) is 4.79 Å². The molecule has 0 spiro atoms. The van der Waals surface area contributed by atoms with Crippen LogP contribution in [0.4, 0.5) is 0 Å². The number of aromatic carboxylic acids is 1. The maximum absolute atomic E-state index is 12.2. The van der Waals surface area contributed by atoms with Gasteiger partial charge in [0, 0.05) is 10.6 Å². The van der Waals surface area contributed by atoms with Crippen molar-refractivity contribution in [3.8, 4) is 0 Å². The predicted molar refractivity (Wildman–Crippen MR) is 72.2 cm³/mol. The van der Waals surface area contributed by atoms with E-state index in [0.29, 0.717) is 20.5 Å². The highest BCUT2D eigenvalue weighted by atomic mass is 35.5. The molecule has 0 bridgehead atoms. The number of halogens is 2. The molecular formula is C12H8Cl2O4S. The Labute approximate surface area is 121 Å². The number of carbonyl (C=O) groups is 1. The van der Waals surface area contributed by atoms with Gasteiger partial charge in [-0.1, -0.05) is 23.2 Å². The molecule has 1 atom stereocenters. The first-order chi connectivity index (χ1) is 8.99. The van der Waals surface area contributed by atoms with Gasteiger partial charge in [-0.05, 0) is 24.3 Å². The van der Waals surface area contributed by atoms with Crippen molar-refractivity contribution in [2.45, 2.75) is 10.6 Å². The number of carboxylic acid groups (broad SMARTS) is 1. The van der Waals surface area contributed by atoms with Crippen LogP contribution in [-0.4, -0.2) is 15.3 Å². The lowest BCUT2D eigenvalue weighted by Gasteiger charge is -2.04. The molecule has 0 fully saturated rings. The lowest BCUT2D eigenvalue weighted by atomic mass is 10.3. The largest absolute Gasteiger partial charge is 0.475 e. The quantitative estimate of drug-likeness (QED) is 0.935. The molecule has 0 saturated heterocycles. The summed E-state index contributed by atoms with van der Waals surface area (Å²) >= 11 is 11.8. The third kappa shape index (κ3) is 3.18. The zero-order chi connectivity index (χ0) is 14.0. The van der Waals surface area contributed by atoms with E-state index in [1.807, 2.05) is 0 Å². The van der Waals surface area contributed by atoms with Gasteiger partial charge < -0.3 is 9.52 Å². The molecule has 0 amide bonds. The van der Waals surface area contributed by atoms with E-state index in [0.717, 1.165) is 0 Å². The minimum absolute atomic E-state index is 0.00179. The van der Waals surface area contributed by atoms with Crippen molar-refractivity contribution in [2.24, 2.45) is 0 Å². The molecule has 0 radical (unpaired) electrons. The molecule has 1 heterocycles. The van der Waals surface area contributed by atoms with E-state index >= 15 is 0 Å². The summed E-state index contributed by atoms with van der Waals surface area (Å²) in [6.07, 6.45) is 1.25. The summed E-state index contributed by atoms with van der Waals surface area (Å²) in [6, 6.07) is 6.11. The summed E-state index contributed by atoms with van der Waals surface area (Å²) in [5, 5.41) is 9.63. The Bertz CT molecular complexity index is 651. The van der Waals surface area contributed by atoms with Gasteiger partial charge in [-0.2, -0.15) is 0 Å². The third-order valence-corrected chi connectivity index (χ3v) is 4.44. The van der Waals surface area contributed by atoms with Gasteiger partial charge in [0.05, 0.1) is 32.7 Å². The predicted octanol–water partition coefficient (Wildman–Crippen LogP) is 3.59. The van der Waals surface area contributed by atoms with Crippen LogP contribution in [0.1, 0.15) is 16.1 Å². The lowest BCUT2D eigenvalue weighted by Crippen LogP contribution is -2.03. The van der Waals surface area contributed by atoms with Gasteiger partial charge in [0.2, 0.25) is 5.76 Å². The monoisotopic (exact) mass is 318 g/mol. The first-order valence-electron chi connectivity index (χ1n) is 5.12. The molecule has 0 aliphatic carbocycles.